The summed E-state index contributed by atoms with van der Waals surface area (Å²) in [5.41, 5.74) is 1.26. The standard InChI is InChI=1S/C18H12F5N3O3/c19-17(20)28-12-5-1-10(2-6-12)14-9-15(26-25-14)16(27)24-11-3-7-13(8-4-11)29-18(21,22)23/h1-9,17H,(H,24,27)(H,25,26). The number of benzene rings is 2. The van der Waals surface area contributed by atoms with E-state index in [1.165, 1.54) is 42.5 Å². The molecule has 0 aliphatic heterocycles. The maximum absolute atomic E-state index is 12.3. The predicted molar refractivity (Wildman–Crippen MR) is 91.7 cm³/mol. The van der Waals surface area contributed by atoms with E-state index in [2.05, 4.69) is 25.0 Å². The van der Waals surface area contributed by atoms with Gasteiger partial charge in [-0.2, -0.15) is 13.9 Å². The van der Waals surface area contributed by atoms with Crippen molar-refractivity contribution in [3.05, 3.63) is 60.3 Å². The molecule has 0 saturated carbocycles. The molecule has 1 aromatic heterocycles. The van der Waals surface area contributed by atoms with Crippen LogP contribution in [0.4, 0.5) is 27.6 Å². The second-order valence-electron chi connectivity index (χ2n) is 5.60. The summed E-state index contributed by atoms with van der Waals surface area (Å²) >= 11 is 0. The third kappa shape index (κ3) is 5.67. The number of amides is 1. The van der Waals surface area contributed by atoms with Gasteiger partial charge in [-0.05, 0) is 54.6 Å². The first kappa shape index (κ1) is 20.1. The first-order valence-electron chi connectivity index (χ1n) is 7.97. The molecule has 1 amide bonds. The third-order valence-electron chi connectivity index (χ3n) is 3.54. The molecule has 0 unspecified atom stereocenters. The molecule has 0 atom stereocenters. The van der Waals surface area contributed by atoms with Gasteiger partial charge in [0.15, 0.2) is 0 Å². The lowest BCUT2D eigenvalue weighted by Crippen LogP contribution is -2.17. The van der Waals surface area contributed by atoms with Crippen LogP contribution in [0.15, 0.2) is 54.6 Å². The Morgan fingerprint density at radius 1 is 1.00 bits per heavy atom. The Morgan fingerprint density at radius 3 is 2.21 bits per heavy atom. The average molecular weight is 413 g/mol. The number of hydrogen-bond donors (Lipinski definition) is 2. The van der Waals surface area contributed by atoms with Crippen LogP contribution in [-0.4, -0.2) is 29.1 Å². The number of anilines is 1. The molecule has 0 aliphatic rings. The highest BCUT2D eigenvalue weighted by Gasteiger charge is 2.31. The molecule has 152 valence electrons. The monoisotopic (exact) mass is 413 g/mol. The fourth-order valence-electron chi connectivity index (χ4n) is 2.33. The lowest BCUT2D eigenvalue weighted by Gasteiger charge is -2.09. The van der Waals surface area contributed by atoms with E-state index in [4.69, 9.17) is 0 Å². The number of hydrogen-bond acceptors (Lipinski definition) is 4. The number of aromatic nitrogens is 2. The topological polar surface area (TPSA) is 76.2 Å². The van der Waals surface area contributed by atoms with Crippen LogP contribution in [0.1, 0.15) is 10.5 Å². The van der Waals surface area contributed by atoms with Crippen molar-refractivity contribution in [2.75, 3.05) is 5.32 Å². The van der Waals surface area contributed by atoms with Crippen molar-refractivity contribution >= 4 is 11.6 Å². The fraction of sp³-hybridized carbons (Fsp3) is 0.111. The highest BCUT2D eigenvalue weighted by atomic mass is 19.4. The number of nitrogens with zero attached hydrogens (tertiary/aromatic N) is 1. The molecule has 0 spiro atoms. The van der Waals surface area contributed by atoms with Gasteiger partial charge in [0.2, 0.25) is 0 Å². The Labute approximate surface area is 160 Å². The quantitative estimate of drug-likeness (QED) is 0.568. The predicted octanol–water partition coefficient (Wildman–Crippen LogP) is 4.83. The number of H-pyrrole nitrogens is 1. The van der Waals surface area contributed by atoms with E-state index >= 15 is 0 Å². The summed E-state index contributed by atoms with van der Waals surface area (Å²) in [5, 5.41) is 8.99. The summed E-state index contributed by atoms with van der Waals surface area (Å²) in [6.07, 6.45) is -4.80. The molecule has 0 radical (unpaired) electrons. The Kier molecular flexibility index (Phi) is 5.66. The lowest BCUT2D eigenvalue weighted by molar-refractivity contribution is -0.274. The molecular weight excluding hydrogens is 401 g/mol. The van der Waals surface area contributed by atoms with Crippen LogP contribution in [0, 0.1) is 0 Å². The Hall–Kier alpha value is -3.63. The van der Waals surface area contributed by atoms with Gasteiger partial charge in [-0.1, -0.05) is 0 Å². The van der Waals surface area contributed by atoms with Gasteiger partial charge in [0.1, 0.15) is 17.2 Å². The minimum absolute atomic E-state index is 0.0183. The van der Waals surface area contributed by atoms with Crippen molar-refractivity contribution in [2.24, 2.45) is 0 Å². The number of nitrogens with one attached hydrogen (secondary N) is 2. The molecule has 11 heteroatoms. The Bertz CT molecular complexity index is 970. The first-order valence-corrected chi connectivity index (χ1v) is 7.97. The molecule has 1 heterocycles. The zero-order valence-electron chi connectivity index (χ0n) is 14.3. The molecule has 6 nitrogen and oxygen atoms in total. The molecule has 0 saturated heterocycles. The van der Waals surface area contributed by atoms with Crippen LogP contribution in [-0.2, 0) is 0 Å². The van der Waals surface area contributed by atoms with Crippen LogP contribution in [0.25, 0.3) is 11.3 Å². The highest BCUT2D eigenvalue weighted by Crippen LogP contribution is 2.25. The normalized spacial score (nSPS) is 11.4. The molecule has 3 rings (SSSR count). The smallest absolute Gasteiger partial charge is 0.435 e. The van der Waals surface area contributed by atoms with Crippen molar-refractivity contribution in [1.82, 2.24) is 10.2 Å². The molecule has 3 aromatic rings. The number of alkyl halides is 5. The van der Waals surface area contributed by atoms with Crippen molar-refractivity contribution in [2.45, 2.75) is 13.0 Å². The SMILES string of the molecule is O=C(Nc1ccc(OC(F)(F)F)cc1)c1cc(-c2ccc(OC(F)F)cc2)n[nH]1. The number of carbonyl (C=O) groups is 1. The Balaban J connectivity index is 1.65. The molecular formula is C18H12F5N3O3. The number of rotatable bonds is 6. The van der Waals surface area contributed by atoms with Gasteiger partial charge in [0, 0.05) is 11.3 Å². The van der Waals surface area contributed by atoms with Gasteiger partial charge in [0.05, 0.1) is 5.69 Å². The second kappa shape index (κ2) is 8.17. The van der Waals surface area contributed by atoms with Crippen LogP contribution in [0.5, 0.6) is 11.5 Å². The number of aromatic amines is 1. The van der Waals surface area contributed by atoms with Crippen molar-refractivity contribution in [3.63, 3.8) is 0 Å². The number of carbonyl (C=O) groups excluding carboxylic acids is 1. The van der Waals surface area contributed by atoms with Gasteiger partial charge in [-0.3, -0.25) is 9.89 Å². The Morgan fingerprint density at radius 2 is 1.62 bits per heavy atom. The average Bonchev–Trinajstić information content (AvgIpc) is 3.12. The molecule has 0 fully saturated rings. The zero-order chi connectivity index (χ0) is 21.0. The summed E-state index contributed by atoms with van der Waals surface area (Å²) in [7, 11) is 0. The van der Waals surface area contributed by atoms with E-state index in [1.807, 2.05) is 0 Å². The fourth-order valence-corrected chi connectivity index (χ4v) is 2.33. The van der Waals surface area contributed by atoms with E-state index in [1.54, 1.807) is 0 Å². The van der Waals surface area contributed by atoms with Gasteiger partial charge >= 0.3 is 13.0 Å². The summed E-state index contributed by atoms with van der Waals surface area (Å²) in [6.45, 7) is -2.93. The molecule has 0 bridgehead atoms. The highest BCUT2D eigenvalue weighted by molar-refractivity contribution is 6.03. The van der Waals surface area contributed by atoms with E-state index in [0.717, 1.165) is 12.1 Å². The van der Waals surface area contributed by atoms with Crippen LogP contribution in [0.3, 0.4) is 0 Å². The van der Waals surface area contributed by atoms with Crippen LogP contribution in [0.2, 0.25) is 0 Å². The molecule has 0 aliphatic carbocycles. The minimum atomic E-state index is -4.80. The zero-order valence-corrected chi connectivity index (χ0v) is 14.3. The summed E-state index contributed by atoms with van der Waals surface area (Å²) < 4.78 is 68.8. The summed E-state index contributed by atoms with van der Waals surface area (Å²) in [5.74, 6) is -1.01. The molecule has 2 aromatic carbocycles. The third-order valence-corrected chi connectivity index (χ3v) is 3.54. The van der Waals surface area contributed by atoms with E-state index < -0.39 is 24.6 Å². The van der Waals surface area contributed by atoms with E-state index in [-0.39, 0.29) is 17.1 Å². The second-order valence-corrected chi connectivity index (χ2v) is 5.60. The van der Waals surface area contributed by atoms with Gasteiger partial charge < -0.3 is 14.8 Å². The van der Waals surface area contributed by atoms with Crippen LogP contribution >= 0.6 is 0 Å². The van der Waals surface area contributed by atoms with E-state index in [0.29, 0.717) is 11.3 Å². The number of halogens is 5. The molecule has 29 heavy (non-hydrogen) atoms. The minimum Gasteiger partial charge on any atom is -0.435 e. The van der Waals surface area contributed by atoms with E-state index in [9.17, 15) is 26.7 Å². The maximum Gasteiger partial charge on any atom is 0.573 e. The first-order chi connectivity index (χ1) is 13.7. The van der Waals surface area contributed by atoms with Gasteiger partial charge in [-0.25, -0.2) is 0 Å². The van der Waals surface area contributed by atoms with Crippen molar-refractivity contribution in [3.8, 4) is 22.8 Å². The van der Waals surface area contributed by atoms with Gasteiger partial charge in [0.25, 0.3) is 5.91 Å². The number of ether oxygens (including phenoxy) is 2. The largest absolute Gasteiger partial charge is 0.573 e. The molecule has 2 N–H and O–H groups in total. The lowest BCUT2D eigenvalue weighted by atomic mass is 10.1. The summed E-state index contributed by atoms with van der Waals surface area (Å²) in [6, 6.07) is 11.7. The van der Waals surface area contributed by atoms with Crippen molar-refractivity contribution < 1.29 is 36.2 Å². The summed E-state index contributed by atoms with van der Waals surface area (Å²) in [4.78, 5) is 12.3. The van der Waals surface area contributed by atoms with Gasteiger partial charge in [-0.15, -0.1) is 13.2 Å². The van der Waals surface area contributed by atoms with Crippen molar-refractivity contribution in [1.29, 1.82) is 0 Å². The van der Waals surface area contributed by atoms with Crippen LogP contribution < -0.4 is 14.8 Å². The maximum atomic E-state index is 12.3.